The van der Waals surface area contributed by atoms with Gasteiger partial charge in [0.1, 0.15) is 10.7 Å². The van der Waals surface area contributed by atoms with E-state index in [-0.39, 0.29) is 22.8 Å². The standard InChI is InChI=1S/C22H23F2N3O4S/c1-13-9-14(2)11-15(10-13)32(29,30)21-19-17(4-3-16(23)20(19)24)25-22(21)26-18(28)12-27-5-7-31-8-6-27/h3-4,9-11,25H,5-8,12H2,1-2H3,(H,26,28). The molecule has 0 atom stereocenters. The molecule has 0 radical (unpaired) electrons. The summed E-state index contributed by atoms with van der Waals surface area (Å²) < 4.78 is 61.3. The van der Waals surface area contributed by atoms with Gasteiger partial charge in [-0.2, -0.15) is 0 Å². The van der Waals surface area contributed by atoms with Crippen LogP contribution in [0.1, 0.15) is 11.1 Å². The molecule has 1 aliphatic heterocycles. The number of carbonyl (C=O) groups is 1. The van der Waals surface area contributed by atoms with Crippen molar-refractivity contribution in [2.24, 2.45) is 0 Å². The second kappa shape index (κ2) is 8.61. The second-order valence-electron chi connectivity index (χ2n) is 7.88. The number of nitrogens with one attached hydrogen (secondary N) is 2. The maximum absolute atomic E-state index is 14.8. The van der Waals surface area contributed by atoms with Crippen LogP contribution in [0.2, 0.25) is 0 Å². The first-order valence-corrected chi connectivity index (χ1v) is 11.6. The number of carbonyl (C=O) groups excluding carboxylic acids is 1. The van der Waals surface area contributed by atoms with E-state index in [1.54, 1.807) is 19.9 Å². The minimum Gasteiger partial charge on any atom is -0.379 e. The van der Waals surface area contributed by atoms with Crippen molar-refractivity contribution >= 4 is 32.5 Å². The number of hydrogen-bond acceptors (Lipinski definition) is 5. The summed E-state index contributed by atoms with van der Waals surface area (Å²) in [5, 5.41) is 2.13. The lowest BCUT2D eigenvalue weighted by atomic mass is 10.2. The van der Waals surface area contributed by atoms with Crippen LogP contribution >= 0.6 is 0 Å². The molecular formula is C22H23F2N3O4S. The molecule has 2 aromatic carbocycles. The van der Waals surface area contributed by atoms with Gasteiger partial charge < -0.3 is 15.0 Å². The van der Waals surface area contributed by atoms with Crippen LogP contribution in [0.3, 0.4) is 0 Å². The number of benzene rings is 2. The number of sulfone groups is 1. The molecular weight excluding hydrogens is 440 g/mol. The van der Waals surface area contributed by atoms with Crippen molar-refractivity contribution < 1.29 is 26.7 Å². The summed E-state index contributed by atoms with van der Waals surface area (Å²) in [4.78, 5) is 16.7. The molecule has 0 bridgehead atoms. The van der Waals surface area contributed by atoms with Gasteiger partial charge >= 0.3 is 0 Å². The Morgan fingerprint density at radius 2 is 1.78 bits per heavy atom. The van der Waals surface area contributed by atoms with Crippen LogP contribution in [0.25, 0.3) is 10.9 Å². The zero-order valence-electron chi connectivity index (χ0n) is 17.7. The number of halogens is 2. The topological polar surface area (TPSA) is 91.5 Å². The molecule has 170 valence electrons. The van der Waals surface area contributed by atoms with Crippen molar-refractivity contribution in [3.8, 4) is 0 Å². The summed E-state index contributed by atoms with van der Waals surface area (Å²) in [6.45, 7) is 5.62. The van der Waals surface area contributed by atoms with Crippen molar-refractivity contribution in [3.05, 3.63) is 53.1 Å². The number of rotatable bonds is 5. The number of nitrogens with zero attached hydrogens (tertiary/aromatic N) is 1. The minimum atomic E-state index is -4.30. The van der Waals surface area contributed by atoms with E-state index in [9.17, 15) is 22.0 Å². The van der Waals surface area contributed by atoms with Gasteiger partial charge in [0, 0.05) is 13.1 Å². The summed E-state index contributed by atoms with van der Waals surface area (Å²) in [6.07, 6.45) is 0. The predicted octanol–water partition coefficient (Wildman–Crippen LogP) is 3.17. The number of aromatic amines is 1. The SMILES string of the molecule is Cc1cc(C)cc(S(=O)(=O)c2c(NC(=O)CN3CCOCC3)[nH]c3ccc(F)c(F)c23)c1. The van der Waals surface area contributed by atoms with Crippen molar-refractivity contribution in [1.29, 1.82) is 0 Å². The number of fused-ring (bicyclic) bond motifs is 1. The fourth-order valence-electron chi connectivity index (χ4n) is 3.90. The first-order valence-electron chi connectivity index (χ1n) is 10.1. The zero-order chi connectivity index (χ0) is 23.0. The summed E-state index contributed by atoms with van der Waals surface area (Å²) in [5.74, 6) is -3.15. The van der Waals surface area contributed by atoms with Crippen LogP contribution in [0.5, 0.6) is 0 Å². The molecule has 10 heteroatoms. The molecule has 0 aliphatic carbocycles. The maximum atomic E-state index is 14.8. The van der Waals surface area contributed by atoms with Crippen LogP contribution in [0.4, 0.5) is 14.6 Å². The van der Waals surface area contributed by atoms with Gasteiger partial charge in [-0.3, -0.25) is 9.69 Å². The Balaban J connectivity index is 1.82. The Morgan fingerprint density at radius 1 is 1.12 bits per heavy atom. The third-order valence-corrected chi connectivity index (χ3v) is 7.12. The average Bonchev–Trinajstić information content (AvgIpc) is 3.10. The van der Waals surface area contributed by atoms with Crippen molar-refractivity contribution in [2.45, 2.75) is 23.6 Å². The molecule has 1 saturated heterocycles. The number of H-pyrrole nitrogens is 1. The normalized spacial score (nSPS) is 15.2. The highest BCUT2D eigenvalue weighted by atomic mass is 32.2. The van der Waals surface area contributed by atoms with Gasteiger partial charge in [0.2, 0.25) is 15.7 Å². The van der Waals surface area contributed by atoms with Gasteiger partial charge in [0.15, 0.2) is 11.6 Å². The number of aryl methyl sites for hydroxylation is 2. The van der Waals surface area contributed by atoms with Gasteiger partial charge in [-0.25, -0.2) is 17.2 Å². The van der Waals surface area contributed by atoms with Crippen LogP contribution in [-0.2, 0) is 19.4 Å². The van der Waals surface area contributed by atoms with E-state index in [0.29, 0.717) is 37.4 Å². The van der Waals surface area contributed by atoms with E-state index >= 15 is 0 Å². The summed E-state index contributed by atoms with van der Waals surface area (Å²) in [7, 11) is -4.30. The molecule has 3 aromatic rings. The molecule has 0 saturated carbocycles. The maximum Gasteiger partial charge on any atom is 0.239 e. The van der Waals surface area contributed by atoms with E-state index in [4.69, 9.17) is 4.74 Å². The lowest BCUT2D eigenvalue weighted by Crippen LogP contribution is -2.41. The van der Waals surface area contributed by atoms with Crippen molar-refractivity contribution in [3.63, 3.8) is 0 Å². The Labute approximate surface area is 184 Å². The van der Waals surface area contributed by atoms with Crippen molar-refractivity contribution in [2.75, 3.05) is 38.2 Å². The van der Waals surface area contributed by atoms with Gasteiger partial charge in [0.05, 0.1) is 35.6 Å². The molecule has 2 heterocycles. The fraction of sp³-hybridized carbons (Fsp3) is 0.318. The summed E-state index contributed by atoms with van der Waals surface area (Å²) in [5.41, 5.74) is 1.47. The predicted molar refractivity (Wildman–Crippen MR) is 115 cm³/mol. The minimum absolute atomic E-state index is 0.0125. The first-order chi connectivity index (χ1) is 15.2. The highest BCUT2D eigenvalue weighted by Crippen LogP contribution is 2.37. The van der Waals surface area contributed by atoms with E-state index in [2.05, 4.69) is 10.3 Å². The Bertz CT molecular complexity index is 1280. The zero-order valence-corrected chi connectivity index (χ0v) is 18.5. The largest absolute Gasteiger partial charge is 0.379 e. The van der Waals surface area contributed by atoms with Crippen LogP contribution in [0.15, 0.2) is 40.1 Å². The molecule has 32 heavy (non-hydrogen) atoms. The number of morpholine rings is 1. The molecule has 1 aromatic heterocycles. The van der Waals surface area contributed by atoms with Crippen molar-refractivity contribution in [1.82, 2.24) is 9.88 Å². The number of hydrogen-bond donors (Lipinski definition) is 2. The molecule has 7 nitrogen and oxygen atoms in total. The van der Waals surface area contributed by atoms with E-state index in [0.717, 1.165) is 6.07 Å². The molecule has 1 fully saturated rings. The molecule has 1 aliphatic rings. The van der Waals surface area contributed by atoms with Gasteiger partial charge in [-0.1, -0.05) is 6.07 Å². The lowest BCUT2D eigenvalue weighted by Gasteiger charge is -2.25. The van der Waals surface area contributed by atoms with E-state index in [1.807, 2.05) is 4.90 Å². The molecule has 1 amide bonds. The van der Waals surface area contributed by atoms with Gasteiger partial charge in [-0.15, -0.1) is 0 Å². The van der Waals surface area contributed by atoms with Crippen LogP contribution in [0, 0.1) is 25.5 Å². The average molecular weight is 464 g/mol. The Kier molecular flexibility index (Phi) is 6.02. The second-order valence-corrected chi connectivity index (χ2v) is 9.76. The number of ether oxygens (including phenoxy) is 1. The third-order valence-electron chi connectivity index (χ3n) is 5.32. The summed E-state index contributed by atoms with van der Waals surface area (Å²) in [6, 6.07) is 6.86. The van der Waals surface area contributed by atoms with Crippen LogP contribution < -0.4 is 5.32 Å². The number of amides is 1. The number of anilines is 1. The molecule has 4 rings (SSSR count). The number of aromatic nitrogens is 1. The molecule has 2 N–H and O–H groups in total. The Morgan fingerprint density at radius 3 is 2.44 bits per heavy atom. The quantitative estimate of drug-likeness (QED) is 0.607. The molecule has 0 unspecified atom stereocenters. The highest BCUT2D eigenvalue weighted by molar-refractivity contribution is 7.92. The Hall–Kier alpha value is -2.82. The van der Waals surface area contributed by atoms with Gasteiger partial charge in [-0.05, 0) is 49.2 Å². The monoisotopic (exact) mass is 463 g/mol. The van der Waals surface area contributed by atoms with Crippen LogP contribution in [-0.4, -0.2) is 57.1 Å². The first kappa shape index (κ1) is 22.4. The smallest absolute Gasteiger partial charge is 0.239 e. The van der Waals surface area contributed by atoms with E-state index < -0.39 is 37.7 Å². The van der Waals surface area contributed by atoms with E-state index in [1.165, 1.54) is 18.2 Å². The summed E-state index contributed by atoms with van der Waals surface area (Å²) >= 11 is 0. The highest BCUT2D eigenvalue weighted by Gasteiger charge is 2.31. The lowest BCUT2D eigenvalue weighted by molar-refractivity contribution is -0.118. The van der Waals surface area contributed by atoms with Gasteiger partial charge in [0.25, 0.3) is 0 Å². The fourth-order valence-corrected chi connectivity index (χ4v) is 5.65. The third kappa shape index (κ3) is 4.25. The molecule has 0 spiro atoms.